The van der Waals surface area contributed by atoms with E-state index in [0.717, 1.165) is 49.6 Å². The second-order valence-electron chi connectivity index (χ2n) is 4.66. The fourth-order valence-electron chi connectivity index (χ4n) is 1.87. The van der Waals surface area contributed by atoms with Crippen LogP contribution in [0.3, 0.4) is 0 Å². The highest BCUT2D eigenvalue weighted by Gasteiger charge is 2.11. The number of methoxy groups -OCH3 is 1. The van der Waals surface area contributed by atoms with Crippen LogP contribution in [0, 0.1) is 0 Å². The number of aromatic nitrogens is 2. The molecular formula is C14H26N4O. The molecule has 0 aromatic carbocycles. The first-order chi connectivity index (χ1) is 9.22. The van der Waals surface area contributed by atoms with E-state index in [2.05, 4.69) is 41.4 Å². The largest absolute Gasteiger partial charge is 0.385 e. The molecule has 1 unspecified atom stereocenters. The second-order valence-corrected chi connectivity index (χ2v) is 4.66. The Balaban J connectivity index is 2.76. The molecule has 1 atom stereocenters. The summed E-state index contributed by atoms with van der Waals surface area (Å²) in [7, 11) is 1.72. The molecule has 1 heterocycles. The van der Waals surface area contributed by atoms with E-state index in [0.29, 0.717) is 6.04 Å². The first kappa shape index (κ1) is 15.7. The van der Waals surface area contributed by atoms with E-state index in [-0.39, 0.29) is 0 Å². The van der Waals surface area contributed by atoms with Crippen LogP contribution in [-0.2, 0) is 11.2 Å². The van der Waals surface area contributed by atoms with Crippen LogP contribution >= 0.6 is 0 Å². The molecule has 1 aromatic rings. The highest BCUT2D eigenvalue weighted by atomic mass is 16.5. The molecule has 0 saturated heterocycles. The molecule has 0 radical (unpaired) electrons. The van der Waals surface area contributed by atoms with Crippen LogP contribution in [0.25, 0.3) is 0 Å². The van der Waals surface area contributed by atoms with E-state index >= 15 is 0 Å². The van der Waals surface area contributed by atoms with Crippen molar-refractivity contribution in [1.29, 1.82) is 0 Å². The topological polar surface area (TPSA) is 59.1 Å². The Morgan fingerprint density at radius 2 is 2.00 bits per heavy atom. The minimum atomic E-state index is 0.333. The Kier molecular flexibility index (Phi) is 7.18. The number of ether oxygens (including phenoxy) is 1. The summed E-state index contributed by atoms with van der Waals surface area (Å²) in [5.41, 5.74) is 1.15. The van der Waals surface area contributed by atoms with Gasteiger partial charge in [0.05, 0.1) is 0 Å². The Labute approximate surface area is 116 Å². The molecule has 0 amide bonds. The minimum absolute atomic E-state index is 0.333. The maximum absolute atomic E-state index is 5.10. The van der Waals surface area contributed by atoms with Crippen molar-refractivity contribution in [3.8, 4) is 0 Å². The number of anilines is 2. The van der Waals surface area contributed by atoms with Crippen molar-refractivity contribution in [3.63, 3.8) is 0 Å². The van der Waals surface area contributed by atoms with Crippen molar-refractivity contribution in [2.75, 3.05) is 30.9 Å². The summed E-state index contributed by atoms with van der Waals surface area (Å²) in [5.74, 6) is 1.88. The molecule has 0 aliphatic carbocycles. The van der Waals surface area contributed by atoms with Gasteiger partial charge in [-0.05, 0) is 26.2 Å². The first-order valence-corrected chi connectivity index (χ1v) is 7.06. The molecule has 2 N–H and O–H groups in total. The quantitative estimate of drug-likeness (QED) is 0.719. The monoisotopic (exact) mass is 266 g/mol. The van der Waals surface area contributed by atoms with Crippen LogP contribution in [0.4, 0.5) is 11.6 Å². The van der Waals surface area contributed by atoms with E-state index in [1.54, 1.807) is 13.4 Å². The smallest absolute Gasteiger partial charge is 0.134 e. The standard InChI is InChI=1S/C14H26N4O/c1-5-8-15-13-12(6-2)14(17-10-16-13)18-11(3)7-9-19-4/h10-11H,5-9H2,1-4H3,(H2,15,16,17,18). The molecule has 5 nitrogen and oxygen atoms in total. The van der Waals surface area contributed by atoms with Gasteiger partial charge in [-0.1, -0.05) is 13.8 Å². The Morgan fingerprint density at radius 3 is 2.63 bits per heavy atom. The zero-order chi connectivity index (χ0) is 14.1. The van der Waals surface area contributed by atoms with Crippen molar-refractivity contribution in [2.45, 2.75) is 46.1 Å². The van der Waals surface area contributed by atoms with E-state index < -0.39 is 0 Å². The lowest BCUT2D eigenvalue weighted by atomic mass is 10.2. The third-order valence-corrected chi connectivity index (χ3v) is 2.98. The number of nitrogens with zero attached hydrogens (tertiary/aromatic N) is 2. The molecule has 5 heteroatoms. The van der Waals surface area contributed by atoms with Gasteiger partial charge in [-0.25, -0.2) is 9.97 Å². The van der Waals surface area contributed by atoms with Crippen LogP contribution < -0.4 is 10.6 Å². The Hall–Kier alpha value is -1.36. The van der Waals surface area contributed by atoms with Gasteiger partial charge in [0.15, 0.2) is 0 Å². The molecule has 0 aliphatic heterocycles. The normalized spacial score (nSPS) is 12.2. The second kappa shape index (κ2) is 8.69. The number of hydrogen-bond donors (Lipinski definition) is 2. The fourth-order valence-corrected chi connectivity index (χ4v) is 1.87. The maximum Gasteiger partial charge on any atom is 0.134 e. The summed E-state index contributed by atoms with van der Waals surface area (Å²) in [6, 6.07) is 0.333. The zero-order valence-corrected chi connectivity index (χ0v) is 12.5. The fraction of sp³-hybridized carbons (Fsp3) is 0.714. The average molecular weight is 266 g/mol. The molecule has 0 saturated carbocycles. The third-order valence-electron chi connectivity index (χ3n) is 2.98. The van der Waals surface area contributed by atoms with E-state index in [4.69, 9.17) is 4.74 Å². The Morgan fingerprint density at radius 1 is 1.26 bits per heavy atom. The summed E-state index contributed by atoms with van der Waals surface area (Å²) in [4.78, 5) is 8.69. The van der Waals surface area contributed by atoms with Gasteiger partial charge in [0.2, 0.25) is 0 Å². The lowest BCUT2D eigenvalue weighted by molar-refractivity contribution is 0.191. The average Bonchev–Trinajstić information content (AvgIpc) is 2.43. The van der Waals surface area contributed by atoms with Crippen LogP contribution in [0.1, 0.15) is 39.2 Å². The lowest BCUT2D eigenvalue weighted by Gasteiger charge is -2.18. The van der Waals surface area contributed by atoms with E-state index in [1.807, 2.05) is 0 Å². The van der Waals surface area contributed by atoms with Gasteiger partial charge < -0.3 is 15.4 Å². The zero-order valence-electron chi connectivity index (χ0n) is 12.5. The summed E-state index contributed by atoms with van der Waals surface area (Å²) in [6.45, 7) is 8.09. The van der Waals surface area contributed by atoms with Crippen molar-refractivity contribution in [2.24, 2.45) is 0 Å². The highest BCUT2D eigenvalue weighted by molar-refractivity contribution is 5.57. The molecule has 1 rings (SSSR count). The molecule has 0 spiro atoms. The molecule has 19 heavy (non-hydrogen) atoms. The van der Waals surface area contributed by atoms with Gasteiger partial charge in [-0.3, -0.25) is 0 Å². The van der Waals surface area contributed by atoms with E-state index in [1.165, 1.54) is 0 Å². The van der Waals surface area contributed by atoms with Gasteiger partial charge in [0.1, 0.15) is 18.0 Å². The lowest BCUT2D eigenvalue weighted by Crippen LogP contribution is -2.20. The molecule has 108 valence electrons. The van der Waals surface area contributed by atoms with Gasteiger partial charge in [-0.2, -0.15) is 0 Å². The summed E-state index contributed by atoms with van der Waals surface area (Å²) >= 11 is 0. The van der Waals surface area contributed by atoms with Crippen molar-refractivity contribution < 1.29 is 4.74 Å². The number of nitrogens with one attached hydrogen (secondary N) is 2. The predicted molar refractivity (Wildman–Crippen MR) is 79.8 cm³/mol. The molecule has 0 aliphatic rings. The third kappa shape index (κ3) is 5.03. The molecular weight excluding hydrogens is 240 g/mol. The van der Waals surface area contributed by atoms with Gasteiger partial charge in [0, 0.05) is 31.9 Å². The van der Waals surface area contributed by atoms with Crippen molar-refractivity contribution >= 4 is 11.6 Å². The first-order valence-electron chi connectivity index (χ1n) is 7.06. The van der Waals surface area contributed by atoms with Gasteiger partial charge in [-0.15, -0.1) is 0 Å². The minimum Gasteiger partial charge on any atom is -0.385 e. The van der Waals surface area contributed by atoms with Crippen LogP contribution in [0.5, 0.6) is 0 Å². The van der Waals surface area contributed by atoms with Crippen molar-refractivity contribution in [3.05, 3.63) is 11.9 Å². The van der Waals surface area contributed by atoms with Crippen molar-refractivity contribution in [1.82, 2.24) is 9.97 Å². The SMILES string of the molecule is CCCNc1ncnc(NC(C)CCOC)c1CC. The van der Waals surface area contributed by atoms with Crippen LogP contribution in [-0.4, -0.2) is 36.3 Å². The summed E-state index contributed by atoms with van der Waals surface area (Å²) in [6.07, 6.45) is 4.57. The van der Waals surface area contributed by atoms with E-state index in [9.17, 15) is 0 Å². The predicted octanol–water partition coefficient (Wildman–Crippen LogP) is 2.70. The van der Waals surface area contributed by atoms with Gasteiger partial charge in [0.25, 0.3) is 0 Å². The molecule has 0 fully saturated rings. The van der Waals surface area contributed by atoms with Crippen LogP contribution in [0.15, 0.2) is 6.33 Å². The number of hydrogen-bond acceptors (Lipinski definition) is 5. The molecule has 0 bridgehead atoms. The summed E-state index contributed by atoms with van der Waals surface area (Å²) in [5, 5.41) is 6.80. The number of rotatable bonds is 9. The Bertz CT molecular complexity index is 370. The maximum atomic E-state index is 5.10. The molecule has 1 aromatic heterocycles. The van der Waals surface area contributed by atoms with Crippen LogP contribution in [0.2, 0.25) is 0 Å². The highest BCUT2D eigenvalue weighted by Crippen LogP contribution is 2.21. The van der Waals surface area contributed by atoms with Gasteiger partial charge >= 0.3 is 0 Å². The summed E-state index contributed by atoms with van der Waals surface area (Å²) < 4.78 is 5.10.